The fourth-order valence-corrected chi connectivity index (χ4v) is 1.26. The van der Waals surface area contributed by atoms with Gasteiger partial charge < -0.3 is 0 Å². The summed E-state index contributed by atoms with van der Waals surface area (Å²) in [6.07, 6.45) is 1.57. The summed E-state index contributed by atoms with van der Waals surface area (Å²) in [5.74, 6) is 0. The smallest absolute Gasteiger partial charge is 0.244 e. The first-order chi connectivity index (χ1) is 6.50. The van der Waals surface area contributed by atoms with Gasteiger partial charge in [0, 0.05) is 6.20 Å². The normalized spacial score (nSPS) is 12.2. The van der Waals surface area contributed by atoms with Crippen molar-refractivity contribution in [3.05, 3.63) is 28.8 Å². The monoisotopic (exact) mass is 192 g/mol. The third-order valence-electron chi connectivity index (χ3n) is 1.93. The first-order valence-corrected chi connectivity index (χ1v) is 4.44. The summed E-state index contributed by atoms with van der Waals surface area (Å²) in [6, 6.07) is 3.52. The molecule has 0 aromatic carbocycles. The Bertz CT molecular complexity index is 517. The zero-order chi connectivity index (χ0) is 10.3. The Kier molecular flexibility index (Phi) is 1.70. The highest BCUT2D eigenvalue weighted by Gasteiger charge is 2.19. The van der Waals surface area contributed by atoms with E-state index in [-0.39, 0.29) is 11.2 Å². The molecule has 74 valence electrons. The molecule has 5 nitrogen and oxygen atoms in total. The number of rotatable bonds is 0. The van der Waals surface area contributed by atoms with Crippen LogP contribution in [0.3, 0.4) is 0 Å². The van der Waals surface area contributed by atoms with Crippen molar-refractivity contribution in [3.8, 4) is 0 Å². The molecule has 0 bridgehead atoms. The van der Waals surface area contributed by atoms with E-state index in [0.717, 1.165) is 0 Å². The molecule has 2 aromatic heterocycles. The number of aromatic nitrogens is 4. The van der Waals surface area contributed by atoms with Gasteiger partial charge >= 0.3 is 5.69 Å². The molecule has 0 saturated heterocycles. The van der Waals surface area contributed by atoms with Gasteiger partial charge in [0.2, 0.25) is 0 Å². The van der Waals surface area contributed by atoms with Crippen LogP contribution in [-0.4, -0.2) is 19.4 Å². The molecule has 0 aliphatic rings. The van der Waals surface area contributed by atoms with E-state index in [2.05, 4.69) is 10.2 Å². The lowest BCUT2D eigenvalue weighted by Gasteiger charge is -2.16. The topological polar surface area (TPSA) is 52.2 Å². The molecule has 2 heterocycles. The molecular weight excluding hydrogens is 180 g/mol. The minimum atomic E-state index is -0.315. The lowest BCUT2D eigenvalue weighted by Crippen LogP contribution is -2.34. The van der Waals surface area contributed by atoms with Crippen LogP contribution < -0.4 is 5.69 Å². The molecule has 5 heteroatoms. The predicted octanol–water partition coefficient (Wildman–Crippen LogP) is 0.646. The maximum Gasteiger partial charge on any atom is 0.367 e. The lowest BCUT2D eigenvalue weighted by atomic mass is 10.1. The highest BCUT2D eigenvalue weighted by Crippen LogP contribution is 2.09. The standard InChI is InChI=1S/C9H12N4O/c1-9(2,3)13-8(14)12-7(11-13)5-4-6-10-12/h4-6H,1-3H3. The molecule has 0 radical (unpaired) electrons. The molecule has 0 unspecified atom stereocenters. The molecule has 0 spiro atoms. The van der Waals surface area contributed by atoms with Crippen LogP contribution in [0.5, 0.6) is 0 Å². The van der Waals surface area contributed by atoms with Gasteiger partial charge in [-0.05, 0) is 32.9 Å². The summed E-state index contributed by atoms with van der Waals surface area (Å²) in [7, 11) is 0. The lowest BCUT2D eigenvalue weighted by molar-refractivity contribution is 0.343. The second-order valence-corrected chi connectivity index (χ2v) is 4.16. The summed E-state index contributed by atoms with van der Waals surface area (Å²) in [4.78, 5) is 11.8. The molecule has 14 heavy (non-hydrogen) atoms. The first kappa shape index (κ1) is 8.93. The van der Waals surface area contributed by atoms with Gasteiger partial charge in [0.15, 0.2) is 5.65 Å². The van der Waals surface area contributed by atoms with E-state index < -0.39 is 0 Å². The third kappa shape index (κ3) is 1.21. The van der Waals surface area contributed by atoms with E-state index in [9.17, 15) is 4.79 Å². The third-order valence-corrected chi connectivity index (χ3v) is 1.93. The van der Waals surface area contributed by atoms with Gasteiger partial charge in [0.1, 0.15) is 0 Å². The van der Waals surface area contributed by atoms with Crippen LogP contribution in [0.4, 0.5) is 0 Å². The molecule has 0 amide bonds. The molecule has 0 aliphatic carbocycles. The summed E-state index contributed by atoms with van der Waals surface area (Å²) >= 11 is 0. The van der Waals surface area contributed by atoms with E-state index in [4.69, 9.17) is 0 Å². The van der Waals surface area contributed by atoms with Crippen LogP contribution in [0.15, 0.2) is 23.1 Å². The molecule has 0 N–H and O–H groups in total. The average molecular weight is 192 g/mol. The van der Waals surface area contributed by atoms with Crippen LogP contribution in [-0.2, 0) is 5.54 Å². The van der Waals surface area contributed by atoms with Crippen LogP contribution in [0.2, 0.25) is 0 Å². The summed E-state index contributed by atoms with van der Waals surface area (Å²) in [5.41, 5.74) is 0.0608. The highest BCUT2D eigenvalue weighted by molar-refractivity contribution is 5.33. The van der Waals surface area contributed by atoms with Gasteiger partial charge in [-0.15, -0.1) is 5.10 Å². The number of hydrogen-bond donors (Lipinski definition) is 0. The van der Waals surface area contributed by atoms with E-state index in [1.807, 2.05) is 20.8 Å². The first-order valence-electron chi connectivity index (χ1n) is 4.44. The molecule has 2 rings (SSSR count). The van der Waals surface area contributed by atoms with Crippen molar-refractivity contribution in [2.75, 3.05) is 0 Å². The van der Waals surface area contributed by atoms with E-state index in [1.165, 1.54) is 9.20 Å². The van der Waals surface area contributed by atoms with Crippen LogP contribution in [0.25, 0.3) is 5.65 Å². The quantitative estimate of drug-likeness (QED) is 0.615. The fraction of sp³-hybridized carbons (Fsp3) is 0.444. The molecular formula is C9H12N4O. The van der Waals surface area contributed by atoms with Crippen molar-refractivity contribution in [3.63, 3.8) is 0 Å². The van der Waals surface area contributed by atoms with Crippen LogP contribution >= 0.6 is 0 Å². The van der Waals surface area contributed by atoms with Crippen molar-refractivity contribution in [1.29, 1.82) is 0 Å². The van der Waals surface area contributed by atoms with Crippen molar-refractivity contribution in [1.82, 2.24) is 19.4 Å². The summed E-state index contributed by atoms with van der Waals surface area (Å²) in [5, 5.41) is 8.12. The number of fused-ring (bicyclic) bond motifs is 1. The Morgan fingerprint density at radius 3 is 2.64 bits per heavy atom. The maximum absolute atomic E-state index is 11.8. The van der Waals surface area contributed by atoms with Crippen molar-refractivity contribution >= 4 is 5.65 Å². The van der Waals surface area contributed by atoms with Gasteiger partial charge in [-0.25, -0.2) is 9.48 Å². The number of nitrogens with zero attached hydrogens (tertiary/aromatic N) is 4. The Balaban J connectivity index is 2.82. The van der Waals surface area contributed by atoms with E-state index >= 15 is 0 Å². The van der Waals surface area contributed by atoms with Gasteiger partial charge in [0.25, 0.3) is 0 Å². The van der Waals surface area contributed by atoms with Gasteiger partial charge in [-0.2, -0.15) is 9.61 Å². The second kappa shape index (κ2) is 2.67. The van der Waals surface area contributed by atoms with E-state index in [1.54, 1.807) is 18.3 Å². The fourth-order valence-electron chi connectivity index (χ4n) is 1.26. The Morgan fingerprint density at radius 2 is 2.07 bits per heavy atom. The van der Waals surface area contributed by atoms with Crippen molar-refractivity contribution in [2.45, 2.75) is 26.3 Å². The zero-order valence-electron chi connectivity index (χ0n) is 8.43. The molecule has 2 aromatic rings. The van der Waals surface area contributed by atoms with Crippen molar-refractivity contribution < 1.29 is 0 Å². The maximum atomic E-state index is 11.8. The molecule has 0 aliphatic heterocycles. The van der Waals surface area contributed by atoms with Gasteiger partial charge in [0.05, 0.1) is 5.54 Å². The highest BCUT2D eigenvalue weighted by atomic mass is 16.2. The summed E-state index contributed by atoms with van der Waals surface area (Å²) in [6.45, 7) is 5.79. The minimum absolute atomic E-state index is 0.201. The second-order valence-electron chi connectivity index (χ2n) is 4.16. The Hall–Kier alpha value is -1.65. The zero-order valence-corrected chi connectivity index (χ0v) is 8.43. The summed E-state index contributed by atoms with van der Waals surface area (Å²) < 4.78 is 2.74. The van der Waals surface area contributed by atoms with Crippen LogP contribution in [0, 0.1) is 0 Å². The van der Waals surface area contributed by atoms with Crippen molar-refractivity contribution in [2.24, 2.45) is 0 Å². The van der Waals surface area contributed by atoms with Gasteiger partial charge in [-0.1, -0.05) is 0 Å². The average Bonchev–Trinajstić information content (AvgIpc) is 2.44. The SMILES string of the molecule is CC(C)(C)n1nc2cccnn2c1=O. The molecule has 0 atom stereocenters. The van der Waals surface area contributed by atoms with E-state index in [0.29, 0.717) is 5.65 Å². The minimum Gasteiger partial charge on any atom is -0.244 e. The predicted molar refractivity (Wildman–Crippen MR) is 52.2 cm³/mol. The Morgan fingerprint density at radius 1 is 1.36 bits per heavy atom. The largest absolute Gasteiger partial charge is 0.367 e. The Labute approximate surface area is 81.0 Å². The molecule has 0 saturated carbocycles. The van der Waals surface area contributed by atoms with Crippen LogP contribution in [0.1, 0.15) is 20.8 Å². The number of hydrogen-bond acceptors (Lipinski definition) is 3. The van der Waals surface area contributed by atoms with Gasteiger partial charge in [-0.3, -0.25) is 0 Å². The molecule has 0 fully saturated rings.